The van der Waals surface area contributed by atoms with Crippen LogP contribution >= 0.6 is 0 Å². The fraction of sp³-hybridized carbons (Fsp3) is 0.250. The van der Waals surface area contributed by atoms with Crippen LogP contribution < -0.4 is 5.48 Å². The average Bonchev–Trinajstić information content (AvgIpc) is 2.84. The number of nitrogens with one attached hydrogen (secondary N) is 2. The molecule has 1 unspecified atom stereocenters. The molecule has 2 aromatic rings. The fourth-order valence-electron chi connectivity index (χ4n) is 1.40. The molecule has 1 aromatic carbocycles. The second kappa shape index (κ2) is 5.44. The Hall–Kier alpha value is -1.65. The molecular formula is C12H15N3O. The summed E-state index contributed by atoms with van der Waals surface area (Å²) in [6.45, 7) is 2.57. The minimum absolute atomic E-state index is 0.103. The molecular weight excluding hydrogens is 202 g/mol. The third-order valence-corrected chi connectivity index (χ3v) is 2.33. The molecule has 1 aromatic heterocycles. The van der Waals surface area contributed by atoms with Crippen LogP contribution in [0.1, 0.15) is 24.2 Å². The number of benzene rings is 1. The molecule has 0 aliphatic carbocycles. The van der Waals surface area contributed by atoms with Gasteiger partial charge in [-0.05, 0) is 18.6 Å². The quantitative estimate of drug-likeness (QED) is 0.755. The zero-order valence-electron chi connectivity index (χ0n) is 9.18. The van der Waals surface area contributed by atoms with Gasteiger partial charge in [-0.1, -0.05) is 30.3 Å². The highest BCUT2D eigenvalue weighted by Gasteiger charge is 2.05. The van der Waals surface area contributed by atoms with Gasteiger partial charge in [-0.15, -0.1) is 0 Å². The number of nitrogens with zero attached hydrogens (tertiary/aromatic N) is 1. The van der Waals surface area contributed by atoms with Gasteiger partial charge in [-0.2, -0.15) is 10.6 Å². The van der Waals surface area contributed by atoms with Gasteiger partial charge in [0.15, 0.2) is 0 Å². The van der Waals surface area contributed by atoms with Crippen molar-refractivity contribution in [2.45, 2.75) is 19.6 Å². The molecule has 0 amide bonds. The zero-order chi connectivity index (χ0) is 11.2. The first kappa shape index (κ1) is 10.9. The maximum absolute atomic E-state index is 5.41. The van der Waals surface area contributed by atoms with Crippen molar-refractivity contribution >= 4 is 0 Å². The van der Waals surface area contributed by atoms with Gasteiger partial charge in [0.1, 0.15) is 0 Å². The number of rotatable bonds is 5. The standard InChI is InChI=1S/C12H15N3O/c1-10(12-7-8-13-14-12)15-16-9-11-5-3-2-4-6-11/h2-8,10,15H,9H2,1H3,(H,13,14). The summed E-state index contributed by atoms with van der Waals surface area (Å²) in [7, 11) is 0. The Morgan fingerprint density at radius 1 is 1.31 bits per heavy atom. The van der Waals surface area contributed by atoms with Gasteiger partial charge in [-0.3, -0.25) is 9.94 Å². The van der Waals surface area contributed by atoms with Crippen molar-refractivity contribution in [1.29, 1.82) is 0 Å². The zero-order valence-corrected chi connectivity index (χ0v) is 9.18. The number of hydroxylamine groups is 1. The Labute approximate surface area is 94.6 Å². The normalized spacial score (nSPS) is 12.6. The summed E-state index contributed by atoms with van der Waals surface area (Å²) in [6.07, 6.45) is 1.73. The van der Waals surface area contributed by atoms with E-state index >= 15 is 0 Å². The first-order valence-electron chi connectivity index (χ1n) is 5.27. The van der Waals surface area contributed by atoms with Crippen LogP contribution in [0, 0.1) is 0 Å². The molecule has 16 heavy (non-hydrogen) atoms. The van der Waals surface area contributed by atoms with Crippen LogP contribution in [0.15, 0.2) is 42.6 Å². The van der Waals surface area contributed by atoms with E-state index in [1.165, 1.54) is 0 Å². The van der Waals surface area contributed by atoms with Crippen molar-refractivity contribution in [2.24, 2.45) is 0 Å². The lowest BCUT2D eigenvalue weighted by atomic mass is 10.2. The van der Waals surface area contributed by atoms with E-state index in [1.54, 1.807) is 6.20 Å². The minimum atomic E-state index is 0.103. The molecule has 0 saturated heterocycles. The molecule has 0 fully saturated rings. The van der Waals surface area contributed by atoms with Gasteiger partial charge < -0.3 is 0 Å². The molecule has 2 N–H and O–H groups in total. The summed E-state index contributed by atoms with van der Waals surface area (Å²) in [5.74, 6) is 0. The van der Waals surface area contributed by atoms with Crippen LogP contribution in [0.4, 0.5) is 0 Å². The molecule has 0 bridgehead atoms. The summed E-state index contributed by atoms with van der Waals surface area (Å²) < 4.78 is 0. The third kappa shape index (κ3) is 2.92. The van der Waals surface area contributed by atoms with Crippen LogP contribution in [0.2, 0.25) is 0 Å². The van der Waals surface area contributed by atoms with Gasteiger partial charge >= 0.3 is 0 Å². The summed E-state index contributed by atoms with van der Waals surface area (Å²) >= 11 is 0. The maximum Gasteiger partial charge on any atom is 0.0933 e. The van der Waals surface area contributed by atoms with Crippen molar-refractivity contribution in [3.63, 3.8) is 0 Å². The summed E-state index contributed by atoms with van der Waals surface area (Å²) in [4.78, 5) is 5.41. The van der Waals surface area contributed by atoms with E-state index in [1.807, 2.05) is 43.3 Å². The second-order valence-electron chi connectivity index (χ2n) is 3.63. The van der Waals surface area contributed by atoms with E-state index in [2.05, 4.69) is 15.7 Å². The Bertz CT molecular complexity index is 399. The van der Waals surface area contributed by atoms with Crippen molar-refractivity contribution in [2.75, 3.05) is 0 Å². The largest absolute Gasteiger partial charge is 0.296 e. The Morgan fingerprint density at radius 2 is 2.12 bits per heavy atom. The summed E-state index contributed by atoms with van der Waals surface area (Å²) in [5.41, 5.74) is 5.11. The van der Waals surface area contributed by atoms with Crippen molar-refractivity contribution in [3.8, 4) is 0 Å². The predicted octanol–water partition coefficient (Wildman–Crippen LogP) is 2.19. The lowest BCUT2D eigenvalue weighted by molar-refractivity contribution is 0.00611. The number of hydrogen-bond donors (Lipinski definition) is 2. The Kier molecular flexibility index (Phi) is 3.69. The van der Waals surface area contributed by atoms with Crippen LogP contribution in [0.3, 0.4) is 0 Å². The highest BCUT2D eigenvalue weighted by Crippen LogP contribution is 2.08. The Balaban J connectivity index is 1.76. The van der Waals surface area contributed by atoms with Crippen LogP contribution in [-0.2, 0) is 11.4 Å². The SMILES string of the molecule is CC(NOCc1ccccc1)c1ccn[nH]1. The van der Waals surface area contributed by atoms with Crippen molar-refractivity contribution < 1.29 is 4.84 Å². The molecule has 84 valence electrons. The van der Waals surface area contributed by atoms with Crippen molar-refractivity contribution in [3.05, 3.63) is 53.9 Å². The van der Waals surface area contributed by atoms with Crippen LogP contribution in [-0.4, -0.2) is 10.2 Å². The Morgan fingerprint density at radius 3 is 2.81 bits per heavy atom. The summed E-state index contributed by atoms with van der Waals surface area (Å²) in [6, 6.07) is 12.1. The van der Waals surface area contributed by atoms with Crippen LogP contribution in [0.25, 0.3) is 0 Å². The van der Waals surface area contributed by atoms with Crippen molar-refractivity contribution in [1.82, 2.24) is 15.7 Å². The number of aromatic nitrogens is 2. The monoisotopic (exact) mass is 217 g/mol. The molecule has 0 saturated carbocycles. The van der Waals surface area contributed by atoms with Gasteiger partial charge in [0, 0.05) is 6.20 Å². The third-order valence-electron chi connectivity index (χ3n) is 2.33. The molecule has 0 spiro atoms. The fourth-order valence-corrected chi connectivity index (χ4v) is 1.40. The molecule has 1 atom stereocenters. The molecule has 0 aliphatic rings. The highest BCUT2D eigenvalue weighted by atomic mass is 16.6. The summed E-state index contributed by atoms with van der Waals surface area (Å²) in [5, 5.41) is 6.78. The molecule has 4 nitrogen and oxygen atoms in total. The van der Waals surface area contributed by atoms with Gasteiger partial charge in [0.25, 0.3) is 0 Å². The molecule has 0 radical (unpaired) electrons. The predicted molar refractivity (Wildman–Crippen MR) is 61.4 cm³/mol. The van der Waals surface area contributed by atoms with E-state index in [-0.39, 0.29) is 6.04 Å². The van der Waals surface area contributed by atoms with E-state index in [4.69, 9.17) is 4.84 Å². The first-order valence-corrected chi connectivity index (χ1v) is 5.27. The second-order valence-corrected chi connectivity index (χ2v) is 3.63. The number of H-pyrrole nitrogens is 1. The van der Waals surface area contributed by atoms with E-state index in [0.717, 1.165) is 11.3 Å². The smallest absolute Gasteiger partial charge is 0.0933 e. The number of hydrogen-bond acceptors (Lipinski definition) is 3. The lowest BCUT2D eigenvalue weighted by Gasteiger charge is -2.11. The molecule has 4 heteroatoms. The van der Waals surface area contributed by atoms with E-state index < -0.39 is 0 Å². The highest BCUT2D eigenvalue weighted by molar-refractivity contribution is 5.13. The lowest BCUT2D eigenvalue weighted by Crippen LogP contribution is -2.19. The average molecular weight is 217 g/mol. The maximum atomic E-state index is 5.41. The van der Waals surface area contributed by atoms with E-state index in [9.17, 15) is 0 Å². The minimum Gasteiger partial charge on any atom is -0.296 e. The van der Waals surface area contributed by atoms with Gasteiger partial charge in [0.2, 0.25) is 0 Å². The topological polar surface area (TPSA) is 49.9 Å². The van der Waals surface area contributed by atoms with E-state index in [0.29, 0.717) is 6.61 Å². The molecule has 1 heterocycles. The first-order chi connectivity index (χ1) is 7.86. The number of aromatic amines is 1. The molecule has 2 rings (SSSR count). The van der Waals surface area contributed by atoms with Crippen LogP contribution in [0.5, 0.6) is 0 Å². The molecule has 0 aliphatic heterocycles. The van der Waals surface area contributed by atoms with Gasteiger partial charge in [-0.25, -0.2) is 0 Å². The van der Waals surface area contributed by atoms with Gasteiger partial charge in [0.05, 0.1) is 18.3 Å².